The molecular weight excluding hydrogens is 270 g/mol. The van der Waals surface area contributed by atoms with Gasteiger partial charge in [0.2, 0.25) is 0 Å². The molecular formula is C15H15N3OS. The summed E-state index contributed by atoms with van der Waals surface area (Å²) in [4.78, 5) is 17.0. The predicted octanol–water partition coefficient (Wildman–Crippen LogP) is 2.71. The van der Waals surface area contributed by atoms with Gasteiger partial charge in [-0.15, -0.1) is 11.8 Å². The Morgan fingerprint density at radius 1 is 1.25 bits per heavy atom. The molecule has 102 valence electrons. The van der Waals surface area contributed by atoms with Crippen LogP contribution < -0.4 is 5.43 Å². The summed E-state index contributed by atoms with van der Waals surface area (Å²) in [5.41, 5.74) is 3.23. The fourth-order valence-electron chi connectivity index (χ4n) is 1.46. The second kappa shape index (κ2) is 7.45. The van der Waals surface area contributed by atoms with E-state index in [-0.39, 0.29) is 11.2 Å². The molecule has 0 aliphatic rings. The number of thioether (sulfide) groups is 1. The fourth-order valence-corrected chi connectivity index (χ4v) is 2.34. The fraction of sp³-hybridized carbons (Fsp3) is 0.133. The van der Waals surface area contributed by atoms with Crippen molar-refractivity contribution in [1.82, 2.24) is 10.4 Å². The first-order valence-corrected chi connectivity index (χ1v) is 7.09. The van der Waals surface area contributed by atoms with E-state index >= 15 is 0 Å². The van der Waals surface area contributed by atoms with Gasteiger partial charge in [-0.3, -0.25) is 9.78 Å². The number of pyridine rings is 1. The average molecular weight is 285 g/mol. The standard InChI is InChI=1S/C15H15N3OS/c1-12(20-14-8-3-2-4-9-14)15(19)18-17-11-13-7-5-6-10-16-13/h2-12H,1H3,(H,18,19)/b17-11-/t12-/m0/s1. The lowest BCUT2D eigenvalue weighted by molar-refractivity contribution is -0.120. The van der Waals surface area contributed by atoms with Crippen molar-refractivity contribution in [3.8, 4) is 0 Å². The summed E-state index contributed by atoms with van der Waals surface area (Å²) in [7, 11) is 0. The number of hydrazone groups is 1. The highest BCUT2D eigenvalue weighted by Gasteiger charge is 2.13. The molecule has 1 aromatic carbocycles. The van der Waals surface area contributed by atoms with Crippen LogP contribution in [0.4, 0.5) is 0 Å². The van der Waals surface area contributed by atoms with Crippen molar-refractivity contribution >= 4 is 23.9 Å². The number of aromatic nitrogens is 1. The lowest BCUT2D eigenvalue weighted by Crippen LogP contribution is -2.26. The zero-order valence-electron chi connectivity index (χ0n) is 11.1. The van der Waals surface area contributed by atoms with Gasteiger partial charge in [0.05, 0.1) is 17.2 Å². The molecule has 1 heterocycles. The van der Waals surface area contributed by atoms with Crippen molar-refractivity contribution in [1.29, 1.82) is 0 Å². The Kier molecular flexibility index (Phi) is 5.32. The maximum atomic E-state index is 11.9. The van der Waals surface area contributed by atoms with Crippen molar-refractivity contribution in [2.24, 2.45) is 5.10 Å². The van der Waals surface area contributed by atoms with Crippen LogP contribution in [0.25, 0.3) is 0 Å². The SMILES string of the molecule is C[C@H](Sc1ccccc1)C(=O)N/N=C\c1ccccn1. The average Bonchev–Trinajstić information content (AvgIpc) is 2.49. The molecule has 0 aliphatic heterocycles. The van der Waals surface area contributed by atoms with Gasteiger partial charge in [0.15, 0.2) is 0 Å². The van der Waals surface area contributed by atoms with Crippen LogP contribution in [-0.4, -0.2) is 22.4 Å². The minimum absolute atomic E-state index is 0.133. The lowest BCUT2D eigenvalue weighted by atomic mass is 10.4. The summed E-state index contributed by atoms with van der Waals surface area (Å²) in [5, 5.41) is 3.69. The Hall–Kier alpha value is -2.14. The molecule has 0 spiro atoms. The molecule has 0 unspecified atom stereocenters. The number of carbonyl (C=O) groups excluding carboxylic acids is 1. The summed E-state index contributed by atoms with van der Waals surface area (Å²) in [6.45, 7) is 1.85. The van der Waals surface area contributed by atoms with Crippen molar-refractivity contribution in [3.05, 3.63) is 60.4 Å². The summed E-state index contributed by atoms with van der Waals surface area (Å²) < 4.78 is 0. The Bertz CT molecular complexity index is 572. The first kappa shape index (κ1) is 14.3. The normalized spacial score (nSPS) is 12.2. The van der Waals surface area contributed by atoms with Crippen LogP contribution in [0, 0.1) is 0 Å². The first-order chi connectivity index (χ1) is 9.75. The van der Waals surface area contributed by atoms with Crippen molar-refractivity contribution in [3.63, 3.8) is 0 Å². The molecule has 0 bridgehead atoms. The van der Waals surface area contributed by atoms with Gasteiger partial charge in [-0.1, -0.05) is 24.3 Å². The molecule has 0 fully saturated rings. The molecule has 20 heavy (non-hydrogen) atoms. The third kappa shape index (κ3) is 4.51. The van der Waals surface area contributed by atoms with Crippen molar-refractivity contribution in [2.75, 3.05) is 0 Å². The number of hydrogen-bond acceptors (Lipinski definition) is 4. The van der Waals surface area contributed by atoms with Crippen LogP contribution >= 0.6 is 11.8 Å². The molecule has 0 radical (unpaired) electrons. The van der Waals surface area contributed by atoms with E-state index in [1.165, 1.54) is 18.0 Å². The zero-order chi connectivity index (χ0) is 14.2. The molecule has 1 atom stereocenters. The van der Waals surface area contributed by atoms with Crippen LogP contribution in [0.5, 0.6) is 0 Å². The largest absolute Gasteiger partial charge is 0.272 e. The minimum Gasteiger partial charge on any atom is -0.272 e. The summed E-state index contributed by atoms with van der Waals surface area (Å²) in [6.07, 6.45) is 3.20. The maximum Gasteiger partial charge on any atom is 0.253 e. The number of amides is 1. The molecule has 0 saturated carbocycles. The summed E-state index contributed by atoms with van der Waals surface area (Å²) in [6, 6.07) is 15.3. The summed E-state index contributed by atoms with van der Waals surface area (Å²) >= 11 is 1.50. The smallest absolute Gasteiger partial charge is 0.253 e. The molecule has 0 aliphatic carbocycles. The van der Waals surface area contributed by atoms with Gasteiger partial charge in [0.1, 0.15) is 0 Å². The number of rotatable bonds is 5. The van der Waals surface area contributed by atoms with E-state index < -0.39 is 0 Å². The topological polar surface area (TPSA) is 54.4 Å². The highest BCUT2D eigenvalue weighted by atomic mass is 32.2. The second-order valence-electron chi connectivity index (χ2n) is 4.06. The number of benzene rings is 1. The van der Waals surface area contributed by atoms with Crippen LogP contribution in [0.3, 0.4) is 0 Å². The Morgan fingerprint density at radius 3 is 2.70 bits per heavy atom. The number of nitrogens with one attached hydrogen (secondary N) is 1. The van der Waals surface area contributed by atoms with Crippen LogP contribution in [0.1, 0.15) is 12.6 Å². The van der Waals surface area contributed by atoms with E-state index in [1.54, 1.807) is 6.20 Å². The zero-order valence-corrected chi connectivity index (χ0v) is 11.9. The van der Waals surface area contributed by atoms with Crippen LogP contribution in [0.2, 0.25) is 0 Å². The Morgan fingerprint density at radius 2 is 2.00 bits per heavy atom. The third-order valence-corrected chi connectivity index (χ3v) is 3.60. The van der Waals surface area contributed by atoms with Crippen LogP contribution in [0.15, 0.2) is 64.7 Å². The van der Waals surface area contributed by atoms with Gasteiger partial charge >= 0.3 is 0 Å². The first-order valence-electron chi connectivity index (χ1n) is 6.21. The van der Waals surface area contributed by atoms with Gasteiger partial charge in [0.25, 0.3) is 5.91 Å². The predicted molar refractivity (Wildman–Crippen MR) is 81.7 cm³/mol. The van der Waals surface area contributed by atoms with E-state index in [0.29, 0.717) is 5.69 Å². The number of nitrogens with zero attached hydrogens (tertiary/aromatic N) is 2. The quantitative estimate of drug-likeness (QED) is 0.522. The molecule has 1 N–H and O–H groups in total. The molecule has 1 amide bonds. The summed E-state index contributed by atoms with van der Waals surface area (Å²) in [5.74, 6) is -0.133. The van der Waals surface area contributed by atoms with E-state index in [4.69, 9.17) is 0 Å². The molecule has 1 aromatic heterocycles. The van der Waals surface area contributed by atoms with Crippen molar-refractivity contribution in [2.45, 2.75) is 17.1 Å². The van der Waals surface area contributed by atoms with Gasteiger partial charge in [-0.25, -0.2) is 5.43 Å². The van der Waals surface area contributed by atoms with Crippen molar-refractivity contribution < 1.29 is 4.79 Å². The van der Waals surface area contributed by atoms with E-state index in [9.17, 15) is 4.79 Å². The Balaban J connectivity index is 1.84. The van der Waals surface area contributed by atoms with E-state index in [0.717, 1.165) is 4.90 Å². The monoisotopic (exact) mass is 285 g/mol. The van der Waals surface area contributed by atoms with Gasteiger partial charge < -0.3 is 0 Å². The molecule has 2 rings (SSSR count). The molecule has 2 aromatic rings. The third-order valence-electron chi connectivity index (χ3n) is 2.48. The van der Waals surface area contributed by atoms with Gasteiger partial charge in [-0.05, 0) is 31.2 Å². The highest BCUT2D eigenvalue weighted by molar-refractivity contribution is 8.00. The Labute approximate surface area is 122 Å². The second-order valence-corrected chi connectivity index (χ2v) is 5.48. The van der Waals surface area contributed by atoms with E-state index in [2.05, 4.69) is 15.5 Å². The lowest BCUT2D eigenvalue weighted by Gasteiger charge is -2.08. The highest BCUT2D eigenvalue weighted by Crippen LogP contribution is 2.22. The van der Waals surface area contributed by atoms with Gasteiger partial charge in [-0.2, -0.15) is 5.10 Å². The molecule has 4 nitrogen and oxygen atoms in total. The number of hydrogen-bond donors (Lipinski definition) is 1. The molecule has 5 heteroatoms. The minimum atomic E-state index is -0.210. The molecule has 0 saturated heterocycles. The van der Waals surface area contributed by atoms with E-state index in [1.807, 2.05) is 55.5 Å². The van der Waals surface area contributed by atoms with Gasteiger partial charge in [0, 0.05) is 11.1 Å². The maximum absolute atomic E-state index is 11.9. The van der Waals surface area contributed by atoms with Crippen LogP contribution in [-0.2, 0) is 4.79 Å². The number of carbonyl (C=O) groups is 1.